The molecule has 0 heterocycles. The van der Waals surface area contributed by atoms with Gasteiger partial charge in [-0.2, -0.15) is 23.5 Å². The summed E-state index contributed by atoms with van der Waals surface area (Å²) in [6.45, 7) is 4.61. The molecule has 74 valence electrons. The van der Waals surface area contributed by atoms with Gasteiger partial charge < -0.3 is 5.32 Å². The zero-order chi connectivity index (χ0) is 9.07. The Morgan fingerprint density at radius 1 is 1.08 bits per heavy atom. The Kier molecular flexibility index (Phi) is 12.3. The summed E-state index contributed by atoms with van der Waals surface area (Å²) in [5, 5.41) is 3.45. The highest BCUT2D eigenvalue weighted by molar-refractivity contribution is 7.99. The van der Waals surface area contributed by atoms with Gasteiger partial charge in [-0.15, -0.1) is 0 Å². The summed E-state index contributed by atoms with van der Waals surface area (Å²) in [7, 11) is 0. The molecule has 0 amide bonds. The monoisotopic (exact) mass is 207 g/mol. The summed E-state index contributed by atoms with van der Waals surface area (Å²) < 4.78 is 0. The highest BCUT2D eigenvalue weighted by Gasteiger charge is 1.88. The molecule has 0 unspecified atom stereocenters. The maximum absolute atomic E-state index is 3.45. The first-order valence-electron chi connectivity index (χ1n) is 4.69. The molecule has 0 aromatic heterocycles. The molecular weight excluding hydrogens is 186 g/mol. The molecule has 0 atom stereocenters. The van der Waals surface area contributed by atoms with Crippen LogP contribution in [-0.4, -0.2) is 36.6 Å². The average Bonchev–Trinajstić information content (AvgIpc) is 2.10. The molecule has 0 radical (unpaired) electrons. The maximum Gasteiger partial charge on any atom is -0.00410 e. The van der Waals surface area contributed by atoms with Crippen molar-refractivity contribution in [2.45, 2.75) is 19.8 Å². The summed E-state index contributed by atoms with van der Waals surface area (Å²) in [5.41, 5.74) is 0. The Hall–Kier alpha value is 0.660. The van der Waals surface area contributed by atoms with Gasteiger partial charge in [-0.05, 0) is 49.4 Å². The van der Waals surface area contributed by atoms with Gasteiger partial charge in [0.2, 0.25) is 0 Å². The Morgan fingerprint density at radius 3 is 2.33 bits per heavy atom. The van der Waals surface area contributed by atoms with E-state index in [1.54, 1.807) is 0 Å². The van der Waals surface area contributed by atoms with Crippen molar-refractivity contribution in [1.29, 1.82) is 0 Å². The minimum Gasteiger partial charge on any atom is -0.317 e. The van der Waals surface area contributed by atoms with Crippen LogP contribution in [0.3, 0.4) is 0 Å². The van der Waals surface area contributed by atoms with Crippen LogP contribution in [0.1, 0.15) is 19.8 Å². The molecule has 0 saturated carbocycles. The van der Waals surface area contributed by atoms with Gasteiger partial charge in [0.25, 0.3) is 0 Å². The van der Waals surface area contributed by atoms with E-state index < -0.39 is 0 Å². The number of nitrogens with one attached hydrogen (secondary N) is 1. The smallest absolute Gasteiger partial charge is 0.00410 e. The van der Waals surface area contributed by atoms with E-state index in [1.165, 1.54) is 43.2 Å². The molecule has 0 aromatic rings. The molecule has 0 fully saturated rings. The van der Waals surface area contributed by atoms with Crippen LogP contribution in [0.2, 0.25) is 0 Å². The van der Waals surface area contributed by atoms with Gasteiger partial charge in [-0.3, -0.25) is 0 Å². The van der Waals surface area contributed by atoms with E-state index >= 15 is 0 Å². The number of rotatable bonds is 9. The fourth-order valence-electron chi connectivity index (χ4n) is 0.910. The fraction of sp³-hybridized carbons (Fsp3) is 1.00. The normalized spacial score (nSPS) is 10.5. The van der Waals surface area contributed by atoms with E-state index in [0.29, 0.717) is 0 Å². The molecule has 1 N–H and O–H groups in total. The quantitative estimate of drug-likeness (QED) is 0.583. The lowest BCUT2D eigenvalue weighted by atomic mass is 10.4. The van der Waals surface area contributed by atoms with Gasteiger partial charge in [0.05, 0.1) is 0 Å². The average molecular weight is 207 g/mol. The predicted octanol–water partition coefficient (Wildman–Crippen LogP) is 2.47. The minimum absolute atomic E-state index is 1.19. The molecule has 1 nitrogen and oxygen atoms in total. The summed E-state index contributed by atoms with van der Waals surface area (Å²) >= 11 is 3.96. The summed E-state index contributed by atoms with van der Waals surface area (Å²) in [5.74, 6) is 3.86. The van der Waals surface area contributed by atoms with Crippen molar-refractivity contribution >= 4 is 23.5 Å². The van der Waals surface area contributed by atoms with E-state index in [1.807, 2.05) is 23.5 Å². The van der Waals surface area contributed by atoms with E-state index in [0.717, 1.165) is 0 Å². The van der Waals surface area contributed by atoms with Crippen molar-refractivity contribution in [3.8, 4) is 0 Å². The zero-order valence-electron chi connectivity index (χ0n) is 8.27. The lowest BCUT2D eigenvalue weighted by Gasteiger charge is -2.02. The maximum atomic E-state index is 3.45. The Balaban J connectivity index is 2.73. The van der Waals surface area contributed by atoms with E-state index in [4.69, 9.17) is 0 Å². The summed E-state index contributed by atoms with van der Waals surface area (Å²) in [6.07, 6.45) is 4.79. The lowest BCUT2D eigenvalue weighted by molar-refractivity contribution is 0.667. The van der Waals surface area contributed by atoms with Crippen LogP contribution in [0.15, 0.2) is 0 Å². The SMILES string of the molecule is CCSCCCNCCCSC. The first-order chi connectivity index (χ1) is 5.91. The Bertz CT molecular complexity index is 68.9. The molecule has 3 heteroatoms. The van der Waals surface area contributed by atoms with Crippen LogP contribution < -0.4 is 5.32 Å². The van der Waals surface area contributed by atoms with Gasteiger partial charge in [0.1, 0.15) is 0 Å². The van der Waals surface area contributed by atoms with Crippen molar-refractivity contribution in [2.75, 3.05) is 36.6 Å². The van der Waals surface area contributed by atoms with Crippen LogP contribution in [0.25, 0.3) is 0 Å². The van der Waals surface area contributed by atoms with Crippen molar-refractivity contribution in [1.82, 2.24) is 5.32 Å². The highest BCUT2D eigenvalue weighted by Crippen LogP contribution is 1.99. The molecule has 0 aliphatic rings. The highest BCUT2D eigenvalue weighted by atomic mass is 32.2. The topological polar surface area (TPSA) is 12.0 Å². The second-order valence-electron chi connectivity index (χ2n) is 2.65. The van der Waals surface area contributed by atoms with Crippen molar-refractivity contribution < 1.29 is 0 Å². The molecule has 0 aliphatic carbocycles. The van der Waals surface area contributed by atoms with Gasteiger partial charge in [-0.25, -0.2) is 0 Å². The molecule has 0 bridgehead atoms. The third kappa shape index (κ3) is 10.7. The summed E-state index contributed by atoms with van der Waals surface area (Å²) in [6, 6.07) is 0. The summed E-state index contributed by atoms with van der Waals surface area (Å²) in [4.78, 5) is 0. The van der Waals surface area contributed by atoms with Crippen LogP contribution in [0.4, 0.5) is 0 Å². The van der Waals surface area contributed by atoms with Crippen molar-refractivity contribution in [2.24, 2.45) is 0 Å². The molecule has 0 saturated heterocycles. The first kappa shape index (κ1) is 12.7. The van der Waals surface area contributed by atoms with Crippen LogP contribution >= 0.6 is 23.5 Å². The van der Waals surface area contributed by atoms with Gasteiger partial charge in [0, 0.05) is 0 Å². The molecular formula is C9H21NS2. The van der Waals surface area contributed by atoms with Crippen molar-refractivity contribution in [3.05, 3.63) is 0 Å². The molecule has 0 aromatic carbocycles. The van der Waals surface area contributed by atoms with E-state index in [2.05, 4.69) is 18.5 Å². The fourth-order valence-corrected chi connectivity index (χ4v) is 1.98. The number of hydrogen-bond donors (Lipinski definition) is 1. The van der Waals surface area contributed by atoms with Crippen LogP contribution in [0, 0.1) is 0 Å². The zero-order valence-corrected chi connectivity index (χ0v) is 9.90. The van der Waals surface area contributed by atoms with Gasteiger partial charge >= 0.3 is 0 Å². The van der Waals surface area contributed by atoms with E-state index in [9.17, 15) is 0 Å². The van der Waals surface area contributed by atoms with Crippen LogP contribution in [0.5, 0.6) is 0 Å². The lowest BCUT2D eigenvalue weighted by Crippen LogP contribution is -2.17. The number of hydrogen-bond acceptors (Lipinski definition) is 3. The molecule has 0 spiro atoms. The van der Waals surface area contributed by atoms with Gasteiger partial charge in [0.15, 0.2) is 0 Å². The van der Waals surface area contributed by atoms with E-state index in [-0.39, 0.29) is 0 Å². The predicted molar refractivity (Wildman–Crippen MR) is 63.5 cm³/mol. The molecule has 12 heavy (non-hydrogen) atoms. The Morgan fingerprint density at radius 2 is 1.75 bits per heavy atom. The minimum atomic E-state index is 1.19. The van der Waals surface area contributed by atoms with Crippen LogP contribution in [-0.2, 0) is 0 Å². The standard InChI is InChI=1S/C9H21NS2/c1-3-12-9-5-7-10-6-4-8-11-2/h10H,3-9H2,1-2H3. The largest absolute Gasteiger partial charge is 0.317 e. The van der Waals surface area contributed by atoms with Gasteiger partial charge in [-0.1, -0.05) is 6.92 Å². The third-order valence-electron chi connectivity index (χ3n) is 1.55. The second-order valence-corrected chi connectivity index (χ2v) is 5.03. The third-order valence-corrected chi connectivity index (χ3v) is 3.23. The van der Waals surface area contributed by atoms with Crippen molar-refractivity contribution in [3.63, 3.8) is 0 Å². The Labute approximate surface area is 85.5 Å². The molecule has 0 aliphatic heterocycles. The first-order valence-corrected chi connectivity index (χ1v) is 7.24. The number of thioether (sulfide) groups is 2. The molecule has 0 rings (SSSR count). The second kappa shape index (κ2) is 11.7.